The van der Waals surface area contributed by atoms with Crippen LogP contribution in [0, 0.1) is 0 Å². The van der Waals surface area contributed by atoms with Gasteiger partial charge in [-0.1, -0.05) is 29.5 Å². The van der Waals surface area contributed by atoms with Gasteiger partial charge < -0.3 is 15.4 Å². The highest BCUT2D eigenvalue weighted by molar-refractivity contribution is 7.85. The number of aryl methyl sites for hydroxylation is 2. The number of aromatic nitrogens is 5. The average molecular weight is 666 g/mol. The van der Waals surface area contributed by atoms with Crippen molar-refractivity contribution in [2.24, 2.45) is 0 Å². The molecule has 45 heavy (non-hydrogen) atoms. The van der Waals surface area contributed by atoms with Crippen molar-refractivity contribution < 1.29 is 40.5 Å². The smallest absolute Gasteiger partial charge is 0.405 e. The highest BCUT2D eigenvalue weighted by Crippen LogP contribution is 2.30. The second-order valence-electron chi connectivity index (χ2n) is 9.56. The zero-order valence-electron chi connectivity index (χ0n) is 23.3. The molecular formula is C27H26F3N7O6S2. The molecule has 0 unspecified atom stereocenters. The van der Waals surface area contributed by atoms with Crippen LogP contribution in [0.4, 0.5) is 24.1 Å². The maximum Gasteiger partial charge on any atom is 0.573 e. The van der Waals surface area contributed by atoms with E-state index in [4.69, 9.17) is 0 Å². The molecule has 0 saturated heterocycles. The lowest BCUT2D eigenvalue weighted by Crippen LogP contribution is -2.21. The lowest BCUT2D eigenvalue weighted by atomic mass is 10.0. The number of nitrogens with one attached hydrogen (secondary N) is 2. The molecule has 4 aromatic rings. The van der Waals surface area contributed by atoms with Gasteiger partial charge in [-0.3, -0.25) is 19.1 Å². The van der Waals surface area contributed by atoms with E-state index in [-0.39, 0.29) is 23.7 Å². The largest absolute Gasteiger partial charge is 0.573 e. The Balaban J connectivity index is 1.23. The third-order valence-electron chi connectivity index (χ3n) is 5.98. The molecule has 0 bridgehead atoms. The molecule has 0 atom stereocenters. The predicted octanol–water partition coefficient (Wildman–Crippen LogP) is 3.94. The minimum Gasteiger partial charge on any atom is -0.405 e. The maximum absolute atomic E-state index is 12.8. The van der Waals surface area contributed by atoms with Crippen molar-refractivity contribution in [1.29, 1.82) is 0 Å². The van der Waals surface area contributed by atoms with Gasteiger partial charge in [0.15, 0.2) is 5.82 Å². The first-order valence-electron chi connectivity index (χ1n) is 13.3. The summed E-state index contributed by atoms with van der Waals surface area (Å²) < 4.78 is 74.3. The van der Waals surface area contributed by atoms with Crippen molar-refractivity contribution in [3.63, 3.8) is 0 Å². The monoisotopic (exact) mass is 665 g/mol. The van der Waals surface area contributed by atoms with Crippen molar-refractivity contribution in [1.82, 2.24) is 25.4 Å². The van der Waals surface area contributed by atoms with E-state index in [0.29, 0.717) is 29.4 Å². The Morgan fingerprint density at radius 2 is 1.64 bits per heavy atom. The molecule has 3 heterocycles. The van der Waals surface area contributed by atoms with E-state index >= 15 is 0 Å². The van der Waals surface area contributed by atoms with Gasteiger partial charge in [-0.25, -0.2) is 0 Å². The molecule has 13 nitrogen and oxygen atoms in total. The number of pyridine rings is 1. The van der Waals surface area contributed by atoms with E-state index in [1.165, 1.54) is 29.5 Å². The van der Waals surface area contributed by atoms with Crippen molar-refractivity contribution in [2.45, 2.75) is 50.6 Å². The molecule has 0 aliphatic rings. The number of hydrogen-bond acceptors (Lipinski definition) is 11. The highest BCUT2D eigenvalue weighted by atomic mass is 32.2. The Bertz CT molecular complexity index is 1720. The molecule has 18 heteroatoms. The quantitative estimate of drug-likeness (QED) is 0.131. The topological polar surface area (TPSA) is 186 Å². The third kappa shape index (κ3) is 11.5. The fourth-order valence-electron chi connectivity index (χ4n) is 4.08. The van der Waals surface area contributed by atoms with Crippen molar-refractivity contribution in [2.75, 3.05) is 10.6 Å². The molecule has 1 aromatic carbocycles. The maximum atomic E-state index is 12.8. The van der Waals surface area contributed by atoms with Gasteiger partial charge in [0, 0.05) is 23.9 Å². The van der Waals surface area contributed by atoms with Crippen LogP contribution in [0.3, 0.4) is 0 Å². The first-order chi connectivity index (χ1) is 21.3. The Morgan fingerprint density at radius 1 is 0.867 bits per heavy atom. The van der Waals surface area contributed by atoms with Crippen molar-refractivity contribution in [3.8, 4) is 5.75 Å². The zero-order valence-corrected chi connectivity index (χ0v) is 25.0. The molecule has 0 spiro atoms. The first-order valence-corrected chi connectivity index (χ1v) is 15.7. The van der Waals surface area contributed by atoms with E-state index in [0.717, 1.165) is 23.9 Å². The van der Waals surface area contributed by atoms with Gasteiger partial charge in [-0.15, -0.1) is 28.5 Å². The van der Waals surface area contributed by atoms with Gasteiger partial charge in [0.1, 0.15) is 16.5 Å². The van der Waals surface area contributed by atoms with Gasteiger partial charge in [-0.2, -0.15) is 13.5 Å². The molecule has 4 rings (SSSR count). The van der Waals surface area contributed by atoms with Gasteiger partial charge in [-0.05, 0) is 55.2 Å². The number of anilines is 2. The third-order valence-corrected chi connectivity index (χ3v) is 7.53. The lowest BCUT2D eigenvalue weighted by molar-refractivity contribution is -0.274. The number of carbonyl (C=O) groups is 2. The minimum atomic E-state index is -5.12. The lowest BCUT2D eigenvalue weighted by Gasteiger charge is -2.16. The minimum absolute atomic E-state index is 0.0780. The molecule has 0 saturated carbocycles. The molecular weight excluding hydrogens is 639 g/mol. The summed E-state index contributed by atoms with van der Waals surface area (Å²) >= 11 is 1.29. The summed E-state index contributed by atoms with van der Waals surface area (Å²) in [6.07, 6.45) is -1.16. The van der Waals surface area contributed by atoms with E-state index in [1.54, 1.807) is 30.5 Å². The number of alkyl halides is 3. The summed E-state index contributed by atoms with van der Waals surface area (Å²) in [4.78, 5) is 28.9. The van der Waals surface area contributed by atoms with Crippen LogP contribution in [0.2, 0.25) is 0 Å². The fourth-order valence-corrected chi connectivity index (χ4v) is 5.57. The van der Waals surface area contributed by atoms with Crippen LogP contribution < -0.4 is 15.4 Å². The van der Waals surface area contributed by atoms with Gasteiger partial charge >= 0.3 is 6.36 Å². The van der Waals surface area contributed by atoms with Gasteiger partial charge in [0.05, 0.1) is 18.5 Å². The summed E-state index contributed by atoms with van der Waals surface area (Å²) in [6, 6.07) is 11.8. The van der Waals surface area contributed by atoms with E-state index in [9.17, 15) is 35.7 Å². The van der Waals surface area contributed by atoms with Crippen LogP contribution in [0.5, 0.6) is 5.75 Å². The van der Waals surface area contributed by atoms with Crippen molar-refractivity contribution in [3.05, 3.63) is 82.3 Å². The number of unbranched alkanes of at least 4 members (excludes halogenated alkanes) is 1. The van der Waals surface area contributed by atoms with Crippen LogP contribution in [0.15, 0.2) is 54.7 Å². The molecule has 238 valence electrons. The van der Waals surface area contributed by atoms with E-state index < -0.39 is 45.9 Å². The average Bonchev–Trinajstić information content (AvgIpc) is 3.39. The summed E-state index contributed by atoms with van der Waals surface area (Å²) in [5, 5.41) is 22.5. The predicted molar refractivity (Wildman–Crippen MR) is 156 cm³/mol. The Kier molecular flexibility index (Phi) is 11.1. The fraction of sp³-hybridized carbons (Fsp3) is 0.296. The Labute approximate surface area is 259 Å². The number of ether oxygens (including phenoxy) is 1. The number of carbonyl (C=O) groups excluding carboxylic acids is 2. The summed E-state index contributed by atoms with van der Waals surface area (Å²) in [7, 11) is -4.74. The van der Waals surface area contributed by atoms with E-state index in [1.807, 2.05) is 0 Å². The molecule has 3 aromatic heterocycles. The van der Waals surface area contributed by atoms with Crippen molar-refractivity contribution >= 4 is 44.2 Å². The Morgan fingerprint density at radius 3 is 2.33 bits per heavy atom. The normalized spacial score (nSPS) is 11.6. The number of nitrogens with zero attached hydrogens (tertiary/aromatic N) is 5. The van der Waals surface area contributed by atoms with E-state index in [2.05, 4.69) is 40.7 Å². The van der Waals surface area contributed by atoms with Crippen LogP contribution in [-0.2, 0) is 51.1 Å². The molecule has 0 aliphatic heterocycles. The summed E-state index contributed by atoms with van der Waals surface area (Å²) in [5.41, 5.74) is 0.713. The number of hydrogen-bond donors (Lipinski definition) is 3. The summed E-state index contributed by atoms with van der Waals surface area (Å²) in [6.45, 7) is 0. The number of halogens is 3. The van der Waals surface area contributed by atoms with Crippen LogP contribution in [-0.4, -0.2) is 56.5 Å². The standard InChI is InChI=1S/C27H26F3N7O6S2/c28-27(29,30)43-21-9-5-6-17(20(21)16-45(40,41)42)14-23(38)32-22-12-11-18(34-35-22)7-1-2-10-25-36-37-26(44-25)33-24(39)15-19-8-3-4-13-31-19/h3-6,8-9,11-13H,1-2,7,10,14-16H2,(H,32,35,38)(H,33,37,39)(H,40,41,42). The number of amides is 2. The highest BCUT2D eigenvalue weighted by Gasteiger charge is 2.33. The number of benzene rings is 1. The van der Waals surface area contributed by atoms with Gasteiger partial charge in [0.2, 0.25) is 16.9 Å². The molecule has 2 amide bonds. The van der Waals surface area contributed by atoms with Crippen LogP contribution in [0.25, 0.3) is 0 Å². The molecule has 3 N–H and O–H groups in total. The SMILES string of the molecule is O=C(Cc1cccc(OC(F)(F)F)c1CS(=O)(=O)O)Nc1ccc(CCCCc2nnc(NC(=O)Cc3ccccn3)s2)nn1. The molecule has 0 radical (unpaired) electrons. The zero-order chi connectivity index (χ0) is 32.5. The summed E-state index contributed by atoms with van der Waals surface area (Å²) in [5.74, 6) is -2.89. The second-order valence-corrected chi connectivity index (χ2v) is 12.1. The van der Waals surface area contributed by atoms with Crippen LogP contribution >= 0.6 is 11.3 Å². The Hall–Kier alpha value is -4.55. The first kappa shape index (κ1) is 33.3. The molecule has 0 fully saturated rings. The van der Waals surface area contributed by atoms with Gasteiger partial charge in [0.25, 0.3) is 10.1 Å². The molecule has 0 aliphatic carbocycles. The van der Waals surface area contributed by atoms with Crippen LogP contribution in [0.1, 0.15) is 40.4 Å². The second kappa shape index (κ2) is 15.0. The number of rotatable bonds is 14.